The van der Waals surface area contributed by atoms with E-state index in [0.717, 1.165) is 17.0 Å². The number of ether oxygens (including phenoxy) is 1. The Hall–Kier alpha value is -2.49. The van der Waals surface area contributed by atoms with Crippen LogP contribution in [0, 0.1) is 0 Å². The highest BCUT2D eigenvalue weighted by molar-refractivity contribution is 6.35. The monoisotopic (exact) mass is 474 g/mol. The van der Waals surface area contributed by atoms with Gasteiger partial charge in [0.1, 0.15) is 11.3 Å². The third-order valence-corrected chi connectivity index (χ3v) is 5.70. The summed E-state index contributed by atoms with van der Waals surface area (Å²) < 4.78 is 41.0. The molecule has 2 aliphatic rings. The maximum atomic E-state index is 13.4. The third-order valence-electron chi connectivity index (χ3n) is 5.27. The van der Waals surface area contributed by atoms with Crippen molar-refractivity contribution in [3.05, 3.63) is 58.1 Å². The lowest BCUT2D eigenvalue weighted by Gasteiger charge is -2.28. The van der Waals surface area contributed by atoms with E-state index >= 15 is 0 Å². The Balaban J connectivity index is 1.66. The number of β-amino-alcohol motifs (C(OH)–C–C–N with tert-alkyl or cyclic N) is 1. The summed E-state index contributed by atoms with van der Waals surface area (Å²) in [7, 11) is 0. The van der Waals surface area contributed by atoms with Crippen LogP contribution in [0.4, 0.5) is 23.7 Å². The molecule has 0 bridgehead atoms. The van der Waals surface area contributed by atoms with Gasteiger partial charge >= 0.3 is 12.4 Å². The molecular formula is C20H15Cl2F3N2O4. The van der Waals surface area contributed by atoms with Gasteiger partial charge in [0.25, 0.3) is 5.91 Å². The number of fused-ring (bicyclic) bond motifs is 1. The number of alkyl halides is 3. The smallest absolute Gasteiger partial charge is 0.406 e. The van der Waals surface area contributed by atoms with E-state index in [1.54, 1.807) is 0 Å². The summed E-state index contributed by atoms with van der Waals surface area (Å²) in [4.78, 5) is 28.8. The molecule has 3 amide bonds. The first-order chi connectivity index (χ1) is 14.5. The normalized spacial score (nSPS) is 23.5. The van der Waals surface area contributed by atoms with Gasteiger partial charge in [-0.15, -0.1) is 13.2 Å². The Morgan fingerprint density at radius 1 is 1.10 bits per heavy atom. The fraction of sp³-hybridized carbons (Fsp3) is 0.300. The van der Waals surface area contributed by atoms with Crippen molar-refractivity contribution in [2.75, 3.05) is 11.4 Å². The van der Waals surface area contributed by atoms with Gasteiger partial charge < -0.3 is 14.7 Å². The van der Waals surface area contributed by atoms with Crippen LogP contribution in [0.3, 0.4) is 0 Å². The highest BCUT2D eigenvalue weighted by Crippen LogP contribution is 2.43. The first-order valence-corrected chi connectivity index (χ1v) is 9.89. The Labute approximate surface area is 184 Å². The van der Waals surface area contributed by atoms with Crippen molar-refractivity contribution in [1.29, 1.82) is 0 Å². The van der Waals surface area contributed by atoms with Gasteiger partial charge in [-0.1, -0.05) is 35.3 Å². The van der Waals surface area contributed by atoms with Crippen LogP contribution in [-0.4, -0.2) is 46.5 Å². The molecule has 2 saturated heterocycles. The van der Waals surface area contributed by atoms with E-state index in [-0.39, 0.29) is 35.1 Å². The molecule has 0 saturated carbocycles. The summed E-state index contributed by atoms with van der Waals surface area (Å²) in [5, 5.41) is 10.7. The number of carbonyl (C=O) groups is 2. The summed E-state index contributed by atoms with van der Waals surface area (Å²) in [6.45, 7) is -0.0510. The van der Waals surface area contributed by atoms with Gasteiger partial charge in [-0.2, -0.15) is 0 Å². The number of rotatable bonds is 4. The van der Waals surface area contributed by atoms with Gasteiger partial charge in [0, 0.05) is 29.4 Å². The van der Waals surface area contributed by atoms with Gasteiger partial charge in [0.15, 0.2) is 0 Å². The Morgan fingerprint density at radius 2 is 1.71 bits per heavy atom. The first kappa shape index (κ1) is 21.7. The Morgan fingerprint density at radius 3 is 2.29 bits per heavy atom. The van der Waals surface area contributed by atoms with E-state index in [1.165, 1.54) is 35.2 Å². The molecule has 0 aliphatic carbocycles. The number of anilines is 1. The first-order valence-electron chi connectivity index (χ1n) is 9.13. The highest BCUT2D eigenvalue weighted by Gasteiger charge is 2.62. The topological polar surface area (TPSA) is 70.1 Å². The molecule has 6 nitrogen and oxygen atoms in total. The van der Waals surface area contributed by atoms with Crippen molar-refractivity contribution in [3.8, 4) is 5.75 Å². The zero-order valence-electron chi connectivity index (χ0n) is 15.7. The van der Waals surface area contributed by atoms with Crippen molar-refractivity contribution in [2.24, 2.45) is 0 Å². The molecule has 2 aromatic rings. The van der Waals surface area contributed by atoms with E-state index in [9.17, 15) is 27.9 Å². The van der Waals surface area contributed by atoms with Crippen molar-refractivity contribution in [3.63, 3.8) is 0 Å². The van der Waals surface area contributed by atoms with Crippen molar-refractivity contribution < 1.29 is 32.6 Å². The maximum absolute atomic E-state index is 13.4. The van der Waals surface area contributed by atoms with Crippen LogP contribution in [0.15, 0.2) is 42.5 Å². The molecule has 31 heavy (non-hydrogen) atoms. The molecule has 11 heteroatoms. The predicted octanol–water partition coefficient (Wildman–Crippen LogP) is 4.41. The average Bonchev–Trinajstić information content (AvgIpc) is 3.07. The maximum Gasteiger partial charge on any atom is 0.573 e. The number of hydrogen-bond donors (Lipinski definition) is 1. The molecule has 2 heterocycles. The number of nitrogens with zero attached hydrogens (tertiary/aromatic N) is 2. The van der Waals surface area contributed by atoms with E-state index in [1.807, 2.05) is 0 Å². The highest BCUT2D eigenvalue weighted by atomic mass is 35.5. The van der Waals surface area contributed by atoms with Crippen molar-refractivity contribution in [2.45, 2.75) is 30.8 Å². The molecule has 0 radical (unpaired) electrons. The van der Waals surface area contributed by atoms with Gasteiger partial charge in [-0.05, 0) is 35.9 Å². The van der Waals surface area contributed by atoms with E-state index in [0.29, 0.717) is 5.56 Å². The second-order valence-corrected chi connectivity index (χ2v) is 8.29. The number of imide groups is 1. The number of halogens is 5. The SMILES string of the molecule is O=C1N(c2cc(Cl)cc(Cl)c2)C(=O)[C@@]2(Cc3ccc(OC(F)(F)F)cc3)C[C@@H](O)CN12. The van der Waals surface area contributed by atoms with Gasteiger partial charge in [-0.25, -0.2) is 9.69 Å². The predicted molar refractivity (Wildman–Crippen MR) is 106 cm³/mol. The number of hydrogen-bond acceptors (Lipinski definition) is 4. The van der Waals surface area contributed by atoms with Gasteiger partial charge in [-0.3, -0.25) is 4.79 Å². The third kappa shape index (κ3) is 4.05. The molecule has 2 atom stereocenters. The average molecular weight is 475 g/mol. The van der Waals surface area contributed by atoms with E-state index in [4.69, 9.17) is 23.2 Å². The molecule has 0 unspecified atom stereocenters. The summed E-state index contributed by atoms with van der Waals surface area (Å²) in [5.41, 5.74) is -0.678. The van der Waals surface area contributed by atoms with E-state index in [2.05, 4.69) is 4.74 Å². The van der Waals surface area contributed by atoms with Crippen LogP contribution in [0.5, 0.6) is 5.75 Å². The fourth-order valence-corrected chi connectivity index (χ4v) is 4.63. The second kappa shape index (κ2) is 7.58. The number of benzene rings is 2. The van der Waals surface area contributed by atoms with Crippen LogP contribution >= 0.6 is 23.2 Å². The zero-order chi connectivity index (χ0) is 22.6. The lowest BCUT2D eigenvalue weighted by Crippen LogP contribution is -2.47. The number of carbonyl (C=O) groups excluding carboxylic acids is 2. The molecule has 0 aromatic heterocycles. The summed E-state index contributed by atoms with van der Waals surface area (Å²) in [6, 6.07) is 8.72. The van der Waals surface area contributed by atoms with E-state index < -0.39 is 35.7 Å². The van der Waals surface area contributed by atoms with Crippen molar-refractivity contribution >= 4 is 40.8 Å². The molecular weight excluding hydrogens is 460 g/mol. The van der Waals surface area contributed by atoms with Gasteiger partial charge in [0.05, 0.1) is 11.8 Å². The minimum Gasteiger partial charge on any atom is -0.406 e. The van der Waals surface area contributed by atoms with Crippen LogP contribution in [0.1, 0.15) is 12.0 Å². The van der Waals surface area contributed by atoms with Crippen LogP contribution in [-0.2, 0) is 11.2 Å². The number of urea groups is 1. The summed E-state index contributed by atoms with van der Waals surface area (Å²) >= 11 is 12.0. The van der Waals surface area contributed by atoms with Gasteiger partial charge in [0.2, 0.25) is 0 Å². The molecule has 2 aliphatic heterocycles. The fourth-order valence-electron chi connectivity index (χ4n) is 4.12. The summed E-state index contributed by atoms with van der Waals surface area (Å²) in [6.07, 6.45) is -5.74. The lowest BCUT2D eigenvalue weighted by molar-refractivity contribution is -0.274. The largest absolute Gasteiger partial charge is 0.573 e. The number of aliphatic hydroxyl groups is 1. The number of amides is 3. The zero-order valence-corrected chi connectivity index (χ0v) is 17.2. The molecule has 1 N–H and O–H groups in total. The summed E-state index contributed by atoms with van der Waals surface area (Å²) in [5.74, 6) is -0.968. The lowest BCUT2D eigenvalue weighted by atomic mass is 9.87. The van der Waals surface area contributed by atoms with Crippen LogP contribution in [0.25, 0.3) is 0 Å². The minimum atomic E-state index is -4.82. The molecule has 0 spiro atoms. The quantitative estimate of drug-likeness (QED) is 0.666. The number of aliphatic hydroxyl groups excluding tert-OH is 1. The standard InChI is InChI=1S/C20H15Cl2F3N2O4/c21-12-5-13(22)7-14(6-12)27-17(29)19(9-15(28)10-26(19)18(27)30)8-11-1-3-16(4-2-11)31-20(23,24)25/h1-7,15,28H,8-10H2/t15-,19-/m1/s1. The van der Waals surface area contributed by atoms with Crippen molar-refractivity contribution in [1.82, 2.24) is 4.90 Å². The Bertz CT molecular complexity index is 1030. The molecule has 164 valence electrons. The molecule has 4 rings (SSSR count). The minimum absolute atomic E-state index is 0.00568. The second-order valence-electron chi connectivity index (χ2n) is 7.42. The van der Waals surface area contributed by atoms with Crippen LogP contribution < -0.4 is 9.64 Å². The molecule has 2 aromatic carbocycles. The Kier molecular flexibility index (Phi) is 5.31. The molecule has 2 fully saturated rings. The van der Waals surface area contributed by atoms with Crippen LogP contribution in [0.2, 0.25) is 10.0 Å².